The molecule has 0 radical (unpaired) electrons. The molecule has 1 saturated heterocycles. The van der Waals surface area contributed by atoms with Gasteiger partial charge in [0.1, 0.15) is 12.4 Å². The van der Waals surface area contributed by atoms with E-state index in [-0.39, 0.29) is 19.6 Å². The van der Waals surface area contributed by atoms with Crippen molar-refractivity contribution in [3.05, 3.63) is 65.7 Å². The minimum absolute atomic E-state index is 0.116. The second-order valence-corrected chi connectivity index (χ2v) is 6.71. The Balaban J connectivity index is 1.63. The number of halogens is 3. The van der Waals surface area contributed by atoms with Gasteiger partial charge in [-0.25, -0.2) is 0 Å². The van der Waals surface area contributed by atoms with Crippen molar-refractivity contribution in [1.82, 2.24) is 4.90 Å². The van der Waals surface area contributed by atoms with Crippen LogP contribution in [0.3, 0.4) is 0 Å². The molecule has 1 fully saturated rings. The number of hydrogen-bond donors (Lipinski definition) is 1. The molecule has 4 nitrogen and oxygen atoms in total. The number of benzene rings is 2. The van der Waals surface area contributed by atoms with Gasteiger partial charge in [0.05, 0.1) is 11.8 Å². The van der Waals surface area contributed by atoms with Crippen LogP contribution in [-0.2, 0) is 17.9 Å². The molecule has 144 valence electrons. The van der Waals surface area contributed by atoms with E-state index in [1.165, 1.54) is 4.90 Å². The van der Waals surface area contributed by atoms with Crippen molar-refractivity contribution in [2.75, 3.05) is 13.1 Å². The van der Waals surface area contributed by atoms with E-state index < -0.39 is 24.0 Å². The fraction of sp³-hybridized carbons (Fsp3) is 0.350. The van der Waals surface area contributed by atoms with Crippen molar-refractivity contribution in [3.8, 4) is 5.75 Å². The molecule has 3 rings (SSSR count). The molecule has 2 atom stereocenters. The fourth-order valence-electron chi connectivity index (χ4n) is 3.33. The van der Waals surface area contributed by atoms with Gasteiger partial charge < -0.3 is 9.84 Å². The largest absolute Gasteiger partial charge is 0.489 e. The quantitative estimate of drug-likeness (QED) is 0.826. The number of aliphatic carboxylic acids is 1. The zero-order valence-corrected chi connectivity index (χ0v) is 14.5. The molecule has 2 aromatic carbocycles. The standard InChI is InChI=1S/C20H20F3NO3/c21-20(22,23)18-12-24(11-17(18)19(25)26)10-15-7-4-8-16(9-15)27-13-14-5-2-1-3-6-14/h1-9,17-18H,10-13H2,(H,25,26)/t17-,18-/m1/s1. The maximum atomic E-state index is 13.1. The molecule has 0 aliphatic carbocycles. The summed E-state index contributed by atoms with van der Waals surface area (Å²) in [5, 5.41) is 9.11. The van der Waals surface area contributed by atoms with E-state index in [0.717, 1.165) is 11.1 Å². The predicted octanol–water partition coefficient (Wildman–Crippen LogP) is 3.96. The average molecular weight is 379 g/mol. The number of hydrogen-bond acceptors (Lipinski definition) is 3. The number of alkyl halides is 3. The highest BCUT2D eigenvalue weighted by molar-refractivity contribution is 5.71. The first kappa shape index (κ1) is 19.2. The Morgan fingerprint density at radius 2 is 1.78 bits per heavy atom. The molecular weight excluding hydrogens is 359 g/mol. The smallest absolute Gasteiger partial charge is 0.393 e. The summed E-state index contributed by atoms with van der Waals surface area (Å²) in [5.41, 5.74) is 1.80. The van der Waals surface area contributed by atoms with Crippen LogP contribution in [-0.4, -0.2) is 35.2 Å². The topological polar surface area (TPSA) is 49.8 Å². The van der Waals surface area contributed by atoms with Gasteiger partial charge in [-0.2, -0.15) is 13.2 Å². The molecule has 0 spiro atoms. The molecule has 0 bridgehead atoms. The van der Waals surface area contributed by atoms with Gasteiger partial charge in [0.25, 0.3) is 0 Å². The summed E-state index contributed by atoms with van der Waals surface area (Å²) in [7, 11) is 0. The van der Waals surface area contributed by atoms with Crippen LogP contribution in [0, 0.1) is 11.8 Å². The molecule has 7 heteroatoms. The monoisotopic (exact) mass is 379 g/mol. The number of carbonyl (C=O) groups is 1. The molecule has 1 heterocycles. The summed E-state index contributed by atoms with van der Waals surface area (Å²) >= 11 is 0. The lowest BCUT2D eigenvalue weighted by atomic mass is 9.96. The molecule has 1 N–H and O–H groups in total. The van der Waals surface area contributed by atoms with Gasteiger partial charge >= 0.3 is 12.1 Å². The lowest BCUT2D eigenvalue weighted by molar-refractivity contribution is -0.188. The van der Waals surface area contributed by atoms with Gasteiger partial charge in [0.15, 0.2) is 0 Å². The average Bonchev–Trinajstić information content (AvgIpc) is 3.06. The van der Waals surface area contributed by atoms with Crippen LogP contribution in [0.15, 0.2) is 54.6 Å². The van der Waals surface area contributed by atoms with E-state index in [9.17, 15) is 18.0 Å². The molecule has 0 saturated carbocycles. The Morgan fingerprint density at radius 1 is 1.07 bits per heavy atom. The Hall–Kier alpha value is -2.54. The number of ether oxygens (including phenoxy) is 1. The Kier molecular flexibility index (Phi) is 5.70. The van der Waals surface area contributed by atoms with Gasteiger partial charge in [-0.15, -0.1) is 0 Å². The van der Waals surface area contributed by atoms with Crippen molar-refractivity contribution in [1.29, 1.82) is 0 Å². The summed E-state index contributed by atoms with van der Waals surface area (Å²) < 4.78 is 45.0. The highest BCUT2D eigenvalue weighted by Crippen LogP contribution is 2.38. The number of likely N-dealkylation sites (tertiary alicyclic amines) is 1. The maximum Gasteiger partial charge on any atom is 0.393 e. The van der Waals surface area contributed by atoms with Gasteiger partial charge in [-0.1, -0.05) is 42.5 Å². The third-order valence-electron chi connectivity index (χ3n) is 4.69. The van der Waals surface area contributed by atoms with Crippen LogP contribution in [0.25, 0.3) is 0 Å². The number of carboxylic acids is 1. The Morgan fingerprint density at radius 3 is 2.41 bits per heavy atom. The van der Waals surface area contributed by atoms with Crippen molar-refractivity contribution in [2.24, 2.45) is 11.8 Å². The van der Waals surface area contributed by atoms with Crippen LogP contribution in [0.4, 0.5) is 13.2 Å². The summed E-state index contributed by atoms with van der Waals surface area (Å²) in [4.78, 5) is 12.7. The first-order chi connectivity index (χ1) is 12.8. The van der Waals surface area contributed by atoms with E-state index >= 15 is 0 Å². The summed E-state index contributed by atoms with van der Waals surface area (Å²) in [6.07, 6.45) is -4.52. The van der Waals surface area contributed by atoms with Gasteiger partial charge in [-0.3, -0.25) is 9.69 Å². The SMILES string of the molecule is O=C(O)[C@@H]1CN(Cc2cccc(OCc3ccccc3)c2)C[C@H]1C(F)(F)F. The van der Waals surface area contributed by atoms with Gasteiger partial charge in [0.2, 0.25) is 0 Å². The molecule has 0 aromatic heterocycles. The highest BCUT2D eigenvalue weighted by Gasteiger charge is 2.52. The fourth-order valence-corrected chi connectivity index (χ4v) is 3.33. The van der Waals surface area contributed by atoms with E-state index in [1.807, 2.05) is 30.3 Å². The van der Waals surface area contributed by atoms with Crippen LogP contribution < -0.4 is 4.74 Å². The predicted molar refractivity (Wildman–Crippen MR) is 93.2 cm³/mol. The van der Waals surface area contributed by atoms with Crippen LogP contribution >= 0.6 is 0 Å². The minimum atomic E-state index is -4.52. The van der Waals surface area contributed by atoms with Crippen molar-refractivity contribution < 1.29 is 27.8 Å². The maximum absolute atomic E-state index is 13.1. The normalized spacial score (nSPS) is 20.6. The zero-order valence-electron chi connectivity index (χ0n) is 14.5. The third-order valence-corrected chi connectivity index (χ3v) is 4.69. The Bertz CT molecular complexity index is 780. The summed E-state index contributed by atoms with van der Waals surface area (Å²) in [6, 6.07) is 16.8. The number of rotatable bonds is 6. The number of nitrogens with zero attached hydrogens (tertiary/aromatic N) is 1. The lowest BCUT2D eigenvalue weighted by Crippen LogP contribution is -2.33. The van der Waals surface area contributed by atoms with Crippen LogP contribution in [0.2, 0.25) is 0 Å². The minimum Gasteiger partial charge on any atom is -0.489 e. The number of carboxylic acid groups (broad SMARTS) is 1. The summed E-state index contributed by atoms with van der Waals surface area (Å²) in [6.45, 7) is 0.217. The zero-order chi connectivity index (χ0) is 19.4. The molecule has 27 heavy (non-hydrogen) atoms. The third kappa shape index (κ3) is 5.01. The van der Waals surface area contributed by atoms with Crippen molar-refractivity contribution >= 4 is 5.97 Å². The Labute approximate surface area is 155 Å². The molecule has 1 aliphatic rings. The lowest BCUT2D eigenvalue weighted by Gasteiger charge is -2.18. The first-order valence-electron chi connectivity index (χ1n) is 8.60. The van der Waals surface area contributed by atoms with Gasteiger partial charge in [0, 0.05) is 19.6 Å². The second kappa shape index (κ2) is 8.00. The first-order valence-corrected chi connectivity index (χ1v) is 8.60. The molecule has 0 amide bonds. The molecule has 1 aliphatic heterocycles. The van der Waals surface area contributed by atoms with Gasteiger partial charge in [-0.05, 0) is 23.3 Å². The molecule has 2 aromatic rings. The van der Waals surface area contributed by atoms with Crippen LogP contribution in [0.1, 0.15) is 11.1 Å². The molecular formula is C20H20F3NO3. The second-order valence-electron chi connectivity index (χ2n) is 6.71. The highest BCUT2D eigenvalue weighted by atomic mass is 19.4. The van der Waals surface area contributed by atoms with Crippen LogP contribution in [0.5, 0.6) is 5.75 Å². The molecule has 0 unspecified atom stereocenters. The van der Waals surface area contributed by atoms with E-state index in [4.69, 9.17) is 9.84 Å². The summed E-state index contributed by atoms with van der Waals surface area (Å²) in [5.74, 6) is -4.05. The van der Waals surface area contributed by atoms with Crippen molar-refractivity contribution in [2.45, 2.75) is 19.3 Å². The van der Waals surface area contributed by atoms with Crippen molar-refractivity contribution in [3.63, 3.8) is 0 Å². The van der Waals surface area contributed by atoms with E-state index in [0.29, 0.717) is 12.4 Å². The van der Waals surface area contributed by atoms with E-state index in [2.05, 4.69) is 0 Å². The van der Waals surface area contributed by atoms with E-state index in [1.54, 1.807) is 24.3 Å².